The molecule has 0 saturated carbocycles. The zero-order valence-corrected chi connectivity index (χ0v) is 19.7. The molecule has 0 saturated heterocycles. The van der Waals surface area contributed by atoms with Gasteiger partial charge >= 0.3 is 6.61 Å². The predicted octanol–water partition coefficient (Wildman–Crippen LogP) is 3.65. The smallest absolute Gasteiger partial charge is 0.387 e. The van der Waals surface area contributed by atoms with E-state index in [1.807, 2.05) is 0 Å². The first kappa shape index (κ1) is 25.3. The number of amides is 1. The number of carbonyl (C=O) groups excluding carboxylic acids is 1. The highest BCUT2D eigenvalue weighted by molar-refractivity contribution is 7.89. The highest BCUT2D eigenvalue weighted by Crippen LogP contribution is 2.24. The van der Waals surface area contributed by atoms with Crippen LogP contribution in [0, 0.1) is 0 Å². The second-order valence-electron chi connectivity index (χ2n) is 7.49. The van der Waals surface area contributed by atoms with Crippen molar-refractivity contribution in [1.29, 1.82) is 0 Å². The summed E-state index contributed by atoms with van der Waals surface area (Å²) in [6, 6.07) is 10.5. The number of nitrogens with one attached hydrogen (secondary N) is 2. The molecule has 2 aromatic carbocycles. The highest BCUT2D eigenvalue weighted by atomic mass is 32.2. The number of aromatic amines is 1. The van der Waals surface area contributed by atoms with Gasteiger partial charge in [-0.25, -0.2) is 8.42 Å². The quantitative estimate of drug-likeness (QED) is 0.473. The number of hydrogen-bond acceptors (Lipinski definition) is 5. The van der Waals surface area contributed by atoms with Crippen LogP contribution in [0.25, 0.3) is 10.9 Å². The van der Waals surface area contributed by atoms with E-state index in [9.17, 15) is 26.8 Å². The number of sulfonamides is 1. The lowest BCUT2D eigenvalue weighted by molar-refractivity contribution is -0.0499. The summed E-state index contributed by atoms with van der Waals surface area (Å²) in [5.41, 5.74) is 0.265. The van der Waals surface area contributed by atoms with E-state index >= 15 is 0 Å². The van der Waals surface area contributed by atoms with Crippen LogP contribution >= 0.6 is 0 Å². The van der Waals surface area contributed by atoms with Crippen molar-refractivity contribution < 1.29 is 26.7 Å². The van der Waals surface area contributed by atoms with Crippen molar-refractivity contribution in [2.45, 2.75) is 38.3 Å². The first-order valence-corrected chi connectivity index (χ1v) is 12.0. The van der Waals surface area contributed by atoms with Crippen LogP contribution in [0.15, 0.2) is 58.2 Å². The molecule has 34 heavy (non-hydrogen) atoms. The maximum absolute atomic E-state index is 13.1. The molecule has 0 fully saturated rings. The fourth-order valence-corrected chi connectivity index (χ4v) is 5.10. The third kappa shape index (κ3) is 5.42. The summed E-state index contributed by atoms with van der Waals surface area (Å²) < 4.78 is 56.6. The van der Waals surface area contributed by atoms with Crippen molar-refractivity contribution in [3.8, 4) is 5.75 Å². The van der Waals surface area contributed by atoms with E-state index < -0.39 is 34.1 Å². The lowest BCUT2D eigenvalue weighted by Gasteiger charge is -2.19. The molecule has 1 amide bonds. The number of H-pyrrole nitrogens is 1. The van der Waals surface area contributed by atoms with E-state index in [2.05, 4.69) is 15.0 Å². The molecule has 0 aliphatic carbocycles. The van der Waals surface area contributed by atoms with Crippen LogP contribution in [-0.2, 0) is 10.0 Å². The minimum atomic E-state index is -3.79. The van der Waals surface area contributed by atoms with Gasteiger partial charge in [-0.15, -0.1) is 0 Å². The summed E-state index contributed by atoms with van der Waals surface area (Å²) in [5, 5.41) is 2.98. The van der Waals surface area contributed by atoms with Crippen molar-refractivity contribution in [3.63, 3.8) is 0 Å². The standard InChI is InChI=1S/C23H25F2N3O5S/c1-4-28(5-2)34(31,32)17-9-10-20-18(12-17)19(13-21(29)27-20)22(30)26-14(3)15-7-6-8-16(11-15)33-23(24)25/h6-14,23H,4-5H2,1-3H3,(H,26,30)(H,27,29). The zero-order chi connectivity index (χ0) is 25.0. The van der Waals surface area contributed by atoms with Gasteiger partial charge in [0.15, 0.2) is 0 Å². The monoisotopic (exact) mass is 493 g/mol. The normalized spacial score (nSPS) is 12.8. The Labute approximate surface area is 195 Å². The molecule has 0 aliphatic heterocycles. The molecule has 3 rings (SSSR count). The maximum Gasteiger partial charge on any atom is 0.387 e. The number of halogens is 2. The summed E-state index contributed by atoms with van der Waals surface area (Å²) >= 11 is 0. The number of aromatic nitrogens is 1. The topological polar surface area (TPSA) is 109 Å². The second kappa shape index (κ2) is 10.3. The Morgan fingerprint density at radius 3 is 2.47 bits per heavy atom. The van der Waals surface area contributed by atoms with Crippen molar-refractivity contribution in [2.75, 3.05) is 13.1 Å². The number of rotatable bonds is 9. The van der Waals surface area contributed by atoms with E-state index in [0.717, 1.165) is 6.07 Å². The minimum absolute atomic E-state index is 0.00491. The van der Waals surface area contributed by atoms with Crippen LogP contribution in [0.5, 0.6) is 5.75 Å². The lowest BCUT2D eigenvalue weighted by Crippen LogP contribution is -2.31. The molecule has 3 aromatic rings. The van der Waals surface area contributed by atoms with Gasteiger partial charge in [0.2, 0.25) is 15.6 Å². The van der Waals surface area contributed by atoms with Crippen molar-refractivity contribution in [2.24, 2.45) is 0 Å². The molecule has 2 N–H and O–H groups in total. The van der Waals surface area contributed by atoms with Gasteiger partial charge in [-0.05, 0) is 42.8 Å². The van der Waals surface area contributed by atoms with Crippen LogP contribution < -0.4 is 15.6 Å². The number of pyridine rings is 1. The average molecular weight is 494 g/mol. The largest absolute Gasteiger partial charge is 0.435 e. The zero-order valence-electron chi connectivity index (χ0n) is 18.8. The van der Waals surface area contributed by atoms with E-state index in [1.165, 1.54) is 40.7 Å². The summed E-state index contributed by atoms with van der Waals surface area (Å²) in [6.07, 6.45) is 0. The maximum atomic E-state index is 13.1. The molecule has 182 valence electrons. The molecule has 1 aromatic heterocycles. The fraction of sp³-hybridized carbons (Fsp3) is 0.304. The Morgan fingerprint density at radius 2 is 1.82 bits per heavy atom. The van der Waals surface area contributed by atoms with Gasteiger partial charge in [0.25, 0.3) is 5.91 Å². The van der Waals surface area contributed by atoms with Gasteiger partial charge < -0.3 is 15.0 Å². The number of alkyl halides is 2. The fourth-order valence-electron chi connectivity index (χ4n) is 3.61. The molecule has 11 heteroatoms. The van der Waals surface area contributed by atoms with Crippen LogP contribution in [0.1, 0.15) is 42.7 Å². The summed E-state index contributed by atoms with van der Waals surface area (Å²) in [6.45, 7) is 2.67. The van der Waals surface area contributed by atoms with Gasteiger partial charge in [-0.1, -0.05) is 26.0 Å². The molecule has 0 bridgehead atoms. The van der Waals surface area contributed by atoms with Crippen molar-refractivity contribution >= 4 is 26.8 Å². The van der Waals surface area contributed by atoms with Crippen LogP contribution in [-0.4, -0.2) is 43.3 Å². The molecule has 1 heterocycles. The Hall–Kier alpha value is -3.31. The molecule has 0 aliphatic rings. The van der Waals surface area contributed by atoms with Crippen LogP contribution in [0.2, 0.25) is 0 Å². The molecule has 8 nitrogen and oxygen atoms in total. The van der Waals surface area contributed by atoms with Crippen molar-refractivity contribution in [1.82, 2.24) is 14.6 Å². The predicted molar refractivity (Wildman–Crippen MR) is 124 cm³/mol. The Morgan fingerprint density at radius 1 is 1.12 bits per heavy atom. The van der Waals surface area contributed by atoms with Crippen molar-refractivity contribution in [3.05, 3.63) is 70.0 Å². The first-order valence-electron chi connectivity index (χ1n) is 10.6. The molecule has 0 spiro atoms. The molecule has 0 radical (unpaired) electrons. The van der Waals surface area contributed by atoms with Gasteiger partial charge in [0.05, 0.1) is 16.5 Å². The third-order valence-electron chi connectivity index (χ3n) is 5.33. The highest BCUT2D eigenvalue weighted by Gasteiger charge is 2.23. The summed E-state index contributed by atoms with van der Waals surface area (Å²) in [4.78, 5) is 27.8. The molecule has 1 unspecified atom stereocenters. The van der Waals surface area contributed by atoms with E-state index in [0.29, 0.717) is 11.1 Å². The van der Waals surface area contributed by atoms with Crippen LogP contribution in [0.4, 0.5) is 8.78 Å². The molecular formula is C23H25F2N3O5S. The SMILES string of the molecule is CCN(CC)S(=O)(=O)c1ccc2[nH]c(=O)cc(C(=O)NC(C)c3cccc(OC(F)F)c3)c2c1. The third-order valence-corrected chi connectivity index (χ3v) is 7.38. The lowest BCUT2D eigenvalue weighted by atomic mass is 10.1. The number of ether oxygens (including phenoxy) is 1. The number of benzene rings is 2. The Kier molecular flexibility index (Phi) is 7.68. The van der Waals surface area contributed by atoms with E-state index in [1.54, 1.807) is 26.8 Å². The molecule has 1 atom stereocenters. The summed E-state index contributed by atoms with van der Waals surface area (Å²) in [5.74, 6) is -0.678. The second-order valence-corrected chi connectivity index (χ2v) is 9.43. The number of hydrogen-bond donors (Lipinski definition) is 2. The number of nitrogens with zero attached hydrogens (tertiary/aromatic N) is 1. The minimum Gasteiger partial charge on any atom is -0.435 e. The van der Waals surface area contributed by atoms with E-state index in [4.69, 9.17) is 0 Å². The van der Waals surface area contributed by atoms with Gasteiger partial charge in [0, 0.05) is 30.1 Å². The number of fused-ring (bicyclic) bond motifs is 1. The molecular weight excluding hydrogens is 468 g/mol. The Bertz CT molecular complexity index is 1350. The Balaban J connectivity index is 1.98. The first-order chi connectivity index (χ1) is 16.1. The van der Waals surface area contributed by atoms with Crippen LogP contribution in [0.3, 0.4) is 0 Å². The van der Waals surface area contributed by atoms with Gasteiger partial charge in [0.1, 0.15) is 5.75 Å². The summed E-state index contributed by atoms with van der Waals surface area (Å²) in [7, 11) is -3.79. The average Bonchev–Trinajstić information content (AvgIpc) is 2.78. The van der Waals surface area contributed by atoms with Gasteiger partial charge in [-0.2, -0.15) is 13.1 Å². The number of carbonyl (C=O) groups is 1. The van der Waals surface area contributed by atoms with E-state index in [-0.39, 0.29) is 34.7 Å². The van der Waals surface area contributed by atoms with Gasteiger partial charge in [-0.3, -0.25) is 9.59 Å².